The van der Waals surface area contributed by atoms with Gasteiger partial charge in [0.1, 0.15) is 13.2 Å². The van der Waals surface area contributed by atoms with Crippen molar-refractivity contribution in [3.8, 4) is 0 Å². The maximum atomic E-state index is 12.8. The lowest BCUT2D eigenvalue weighted by molar-refractivity contribution is -0.167. The summed E-state index contributed by atoms with van der Waals surface area (Å²) in [5.41, 5.74) is 0. The van der Waals surface area contributed by atoms with Crippen LogP contribution in [0.1, 0.15) is 330 Å². The highest BCUT2D eigenvalue weighted by atomic mass is 16.6. The molecular weight excluding hydrogens is 805 g/mol. The van der Waals surface area contributed by atoms with Crippen molar-refractivity contribution in [2.75, 3.05) is 13.2 Å². The number of hydrogen-bond donors (Lipinski definition) is 0. The van der Waals surface area contributed by atoms with Crippen LogP contribution in [0, 0.1) is 11.8 Å². The highest BCUT2D eigenvalue weighted by Crippen LogP contribution is 2.19. The molecule has 0 aromatic rings. The highest BCUT2D eigenvalue weighted by molar-refractivity contribution is 5.71. The van der Waals surface area contributed by atoms with Gasteiger partial charge in [-0.25, -0.2) is 0 Å². The fraction of sp³-hybridized carbons (Fsp3) is 0.949. The van der Waals surface area contributed by atoms with Crippen LogP contribution in [0.4, 0.5) is 0 Å². The van der Waals surface area contributed by atoms with E-state index in [4.69, 9.17) is 14.2 Å². The zero-order valence-corrected chi connectivity index (χ0v) is 44.6. The van der Waals surface area contributed by atoms with Gasteiger partial charge in [-0.15, -0.1) is 0 Å². The molecule has 6 heteroatoms. The van der Waals surface area contributed by atoms with E-state index in [0.29, 0.717) is 19.3 Å². The monoisotopic (exact) mass is 919 g/mol. The molecule has 0 aromatic carbocycles. The Morgan fingerprint density at radius 3 is 0.877 bits per heavy atom. The Bertz CT molecular complexity index is 995. The smallest absolute Gasteiger partial charge is 0.306 e. The fourth-order valence-corrected chi connectivity index (χ4v) is 9.02. The van der Waals surface area contributed by atoms with Crippen LogP contribution < -0.4 is 0 Å². The van der Waals surface area contributed by atoms with Gasteiger partial charge in [0.05, 0.1) is 0 Å². The topological polar surface area (TPSA) is 78.9 Å². The first-order valence-electron chi connectivity index (χ1n) is 29.3. The third-order valence-electron chi connectivity index (χ3n) is 13.8. The van der Waals surface area contributed by atoms with E-state index in [1.807, 2.05) is 0 Å². The van der Waals surface area contributed by atoms with Crippen LogP contribution >= 0.6 is 0 Å². The fourth-order valence-electron chi connectivity index (χ4n) is 9.02. The molecule has 0 N–H and O–H groups in total. The average Bonchev–Trinajstić information content (AvgIpc) is 3.29. The molecule has 0 bridgehead atoms. The van der Waals surface area contributed by atoms with Gasteiger partial charge in [-0.3, -0.25) is 14.4 Å². The Kier molecular flexibility index (Phi) is 50.5. The predicted molar refractivity (Wildman–Crippen MR) is 280 cm³/mol. The molecule has 65 heavy (non-hydrogen) atoms. The summed E-state index contributed by atoms with van der Waals surface area (Å²) < 4.78 is 16.9. The summed E-state index contributed by atoms with van der Waals surface area (Å²) in [6.07, 6.45) is 55.1. The van der Waals surface area contributed by atoms with Crippen LogP contribution in [0.2, 0.25) is 0 Å². The van der Waals surface area contributed by atoms with Crippen LogP contribution in [-0.2, 0) is 28.6 Å². The first kappa shape index (κ1) is 63.4. The Morgan fingerprint density at radius 2 is 0.585 bits per heavy atom. The molecule has 0 amide bonds. The van der Waals surface area contributed by atoms with Crippen LogP contribution in [0.5, 0.6) is 0 Å². The molecule has 0 radical (unpaired) electrons. The van der Waals surface area contributed by atoms with Crippen molar-refractivity contribution in [1.29, 1.82) is 0 Å². The van der Waals surface area contributed by atoms with E-state index in [9.17, 15) is 14.4 Å². The summed E-state index contributed by atoms with van der Waals surface area (Å²) in [6, 6.07) is 0. The van der Waals surface area contributed by atoms with Gasteiger partial charge in [-0.05, 0) is 31.1 Å². The first-order valence-corrected chi connectivity index (χ1v) is 29.3. The molecule has 0 saturated carbocycles. The number of ether oxygens (including phenoxy) is 3. The number of unbranched alkanes of at least 4 members (excludes halogenated alkanes) is 37. The Hall–Kier alpha value is -1.59. The average molecular weight is 920 g/mol. The minimum absolute atomic E-state index is 0.0625. The van der Waals surface area contributed by atoms with Gasteiger partial charge in [0.2, 0.25) is 0 Å². The van der Waals surface area contributed by atoms with E-state index >= 15 is 0 Å². The van der Waals surface area contributed by atoms with Crippen molar-refractivity contribution < 1.29 is 28.6 Å². The summed E-state index contributed by atoms with van der Waals surface area (Å²) in [7, 11) is 0. The van der Waals surface area contributed by atoms with Crippen molar-refractivity contribution in [2.24, 2.45) is 11.8 Å². The molecule has 1 unspecified atom stereocenters. The summed E-state index contributed by atoms with van der Waals surface area (Å²) in [5.74, 6) is 0.898. The minimum atomic E-state index is -0.762. The summed E-state index contributed by atoms with van der Waals surface area (Å²) >= 11 is 0. The molecule has 0 aliphatic heterocycles. The molecule has 0 rings (SSSR count). The van der Waals surface area contributed by atoms with E-state index in [0.717, 1.165) is 69.6 Å². The zero-order valence-electron chi connectivity index (χ0n) is 44.6. The molecule has 2 atom stereocenters. The van der Waals surface area contributed by atoms with Gasteiger partial charge in [-0.2, -0.15) is 0 Å². The van der Waals surface area contributed by atoms with E-state index < -0.39 is 6.10 Å². The van der Waals surface area contributed by atoms with E-state index in [2.05, 4.69) is 34.6 Å². The lowest BCUT2D eigenvalue weighted by Crippen LogP contribution is -2.30. The molecule has 0 spiro atoms. The number of carbonyl (C=O) groups excluding carboxylic acids is 3. The van der Waals surface area contributed by atoms with Gasteiger partial charge in [0, 0.05) is 19.3 Å². The summed E-state index contributed by atoms with van der Waals surface area (Å²) in [6.45, 7) is 11.5. The van der Waals surface area contributed by atoms with E-state index in [1.165, 1.54) is 218 Å². The standard InChI is InChI=1S/C59H114O6/c1-6-8-9-10-11-12-13-17-26-31-36-41-46-51-59(62)65-56(53-64-58(61)50-45-40-35-30-25-21-16-18-22-27-32-37-42-47-54(3)4)52-63-57(60)49-44-39-34-29-24-20-15-14-19-23-28-33-38-43-48-55(5)7-2/h54-56H,6-53H2,1-5H3/t55?,56-/m0/s1. The van der Waals surface area contributed by atoms with Crippen molar-refractivity contribution in [3.63, 3.8) is 0 Å². The molecule has 0 aromatic heterocycles. The van der Waals surface area contributed by atoms with Gasteiger partial charge < -0.3 is 14.2 Å². The molecule has 0 heterocycles. The Morgan fingerprint density at radius 1 is 0.323 bits per heavy atom. The van der Waals surface area contributed by atoms with Gasteiger partial charge >= 0.3 is 17.9 Å². The molecule has 0 fully saturated rings. The second-order valence-corrected chi connectivity index (χ2v) is 21.0. The summed E-state index contributed by atoms with van der Waals surface area (Å²) in [4.78, 5) is 38.1. The van der Waals surface area contributed by atoms with Crippen LogP contribution in [0.15, 0.2) is 0 Å². The second-order valence-electron chi connectivity index (χ2n) is 21.0. The van der Waals surface area contributed by atoms with Crippen LogP contribution in [-0.4, -0.2) is 37.2 Å². The second kappa shape index (κ2) is 51.8. The molecule has 0 saturated heterocycles. The summed E-state index contributed by atoms with van der Waals surface area (Å²) in [5, 5.41) is 0. The van der Waals surface area contributed by atoms with Gasteiger partial charge in [-0.1, -0.05) is 291 Å². The molecule has 6 nitrogen and oxygen atoms in total. The number of rotatable bonds is 53. The van der Waals surface area contributed by atoms with E-state index in [-0.39, 0.29) is 31.1 Å². The van der Waals surface area contributed by atoms with Gasteiger partial charge in [0.25, 0.3) is 0 Å². The molecule has 386 valence electrons. The third kappa shape index (κ3) is 51.6. The lowest BCUT2D eigenvalue weighted by atomic mass is 9.99. The maximum Gasteiger partial charge on any atom is 0.306 e. The van der Waals surface area contributed by atoms with E-state index in [1.54, 1.807) is 0 Å². The van der Waals surface area contributed by atoms with Crippen molar-refractivity contribution in [3.05, 3.63) is 0 Å². The number of esters is 3. The molecule has 0 aliphatic rings. The Labute approximate surface area is 406 Å². The SMILES string of the molecule is CCCCCCCCCCCCCCCC(=O)O[C@@H](COC(=O)CCCCCCCCCCCCCCCCC(C)CC)COC(=O)CCCCCCCCCCCCCCCC(C)C. The van der Waals surface area contributed by atoms with Crippen molar-refractivity contribution in [2.45, 2.75) is 336 Å². The first-order chi connectivity index (χ1) is 31.8. The largest absolute Gasteiger partial charge is 0.462 e. The van der Waals surface area contributed by atoms with Crippen LogP contribution in [0.3, 0.4) is 0 Å². The maximum absolute atomic E-state index is 12.8. The molecule has 0 aliphatic carbocycles. The lowest BCUT2D eigenvalue weighted by Gasteiger charge is -2.18. The van der Waals surface area contributed by atoms with Crippen LogP contribution in [0.25, 0.3) is 0 Å². The predicted octanol–water partition coefficient (Wildman–Crippen LogP) is 19.3. The Balaban J connectivity index is 4.28. The normalized spacial score (nSPS) is 12.5. The minimum Gasteiger partial charge on any atom is -0.462 e. The zero-order chi connectivity index (χ0) is 47.5. The number of carbonyl (C=O) groups is 3. The quantitative estimate of drug-likeness (QED) is 0.0344. The molecular formula is C59H114O6. The third-order valence-corrected chi connectivity index (χ3v) is 13.8. The van der Waals surface area contributed by atoms with Crippen molar-refractivity contribution in [1.82, 2.24) is 0 Å². The van der Waals surface area contributed by atoms with Gasteiger partial charge in [0.15, 0.2) is 6.10 Å². The number of hydrogen-bond acceptors (Lipinski definition) is 6. The highest BCUT2D eigenvalue weighted by Gasteiger charge is 2.19. The van der Waals surface area contributed by atoms with Crippen molar-refractivity contribution >= 4 is 17.9 Å².